The first kappa shape index (κ1) is 15.5. The van der Waals surface area contributed by atoms with E-state index in [4.69, 9.17) is 5.73 Å². The Hall–Kier alpha value is -1.60. The Balaban J connectivity index is 2.95. The molecule has 0 aromatic heterocycles. The van der Waals surface area contributed by atoms with E-state index in [0.717, 1.165) is 5.56 Å². The molecule has 7 heteroatoms. The lowest BCUT2D eigenvalue weighted by molar-refractivity contribution is -0.122. The minimum absolute atomic E-state index is 0.0566. The zero-order chi connectivity index (χ0) is 14.6. The topological polar surface area (TPSA) is 101 Å². The maximum atomic E-state index is 12.1. The molecule has 1 atom stereocenters. The molecule has 106 valence electrons. The summed E-state index contributed by atoms with van der Waals surface area (Å²) in [4.78, 5) is 11.6. The summed E-state index contributed by atoms with van der Waals surface area (Å²) in [5.74, 6) is -0.369. The van der Waals surface area contributed by atoms with Crippen LogP contribution < -0.4 is 15.8 Å². The van der Waals surface area contributed by atoms with Crippen LogP contribution >= 0.6 is 0 Å². The summed E-state index contributed by atoms with van der Waals surface area (Å²) in [6.07, 6.45) is 0. The first-order valence-corrected chi connectivity index (χ1v) is 7.41. The molecule has 0 bridgehead atoms. The minimum atomic E-state index is -3.76. The highest BCUT2D eigenvalue weighted by Gasteiger charge is 2.21. The van der Waals surface area contributed by atoms with Crippen LogP contribution in [0, 0.1) is 6.92 Å². The van der Waals surface area contributed by atoms with Gasteiger partial charge in [0.15, 0.2) is 0 Å². The summed E-state index contributed by atoms with van der Waals surface area (Å²) in [7, 11) is -3.76. The zero-order valence-electron chi connectivity index (χ0n) is 11.2. The van der Waals surface area contributed by atoms with Crippen LogP contribution in [0.5, 0.6) is 0 Å². The number of nitrogen functional groups attached to an aromatic ring is 1. The van der Waals surface area contributed by atoms with Crippen molar-refractivity contribution in [1.82, 2.24) is 10.0 Å². The number of nitrogens with two attached hydrogens (primary N) is 1. The average molecular weight is 285 g/mol. The van der Waals surface area contributed by atoms with E-state index >= 15 is 0 Å². The molecule has 6 nitrogen and oxygen atoms in total. The highest BCUT2D eigenvalue weighted by molar-refractivity contribution is 7.89. The first-order chi connectivity index (χ1) is 8.76. The van der Waals surface area contributed by atoms with Gasteiger partial charge in [0.1, 0.15) is 0 Å². The summed E-state index contributed by atoms with van der Waals surface area (Å²) in [5, 5.41) is 2.55. The Bertz CT molecular complexity index is 549. The summed E-state index contributed by atoms with van der Waals surface area (Å²) >= 11 is 0. The van der Waals surface area contributed by atoms with Crippen molar-refractivity contribution in [2.24, 2.45) is 0 Å². The molecule has 0 aliphatic rings. The molecule has 1 amide bonds. The van der Waals surface area contributed by atoms with Crippen LogP contribution in [0.25, 0.3) is 0 Å². The van der Waals surface area contributed by atoms with E-state index in [1.165, 1.54) is 19.1 Å². The minimum Gasteiger partial charge on any atom is -0.399 e. The van der Waals surface area contributed by atoms with Gasteiger partial charge in [0.05, 0.1) is 10.9 Å². The predicted octanol–water partition coefficient (Wildman–Crippen LogP) is 0.380. The van der Waals surface area contributed by atoms with E-state index in [1.54, 1.807) is 19.9 Å². The molecule has 1 unspecified atom stereocenters. The monoisotopic (exact) mass is 285 g/mol. The second-order valence-corrected chi connectivity index (χ2v) is 6.03. The van der Waals surface area contributed by atoms with Gasteiger partial charge in [-0.25, -0.2) is 8.42 Å². The van der Waals surface area contributed by atoms with Crippen molar-refractivity contribution in [3.8, 4) is 0 Å². The van der Waals surface area contributed by atoms with E-state index in [9.17, 15) is 13.2 Å². The van der Waals surface area contributed by atoms with E-state index in [-0.39, 0.29) is 10.8 Å². The molecular weight excluding hydrogens is 266 g/mol. The predicted molar refractivity (Wildman–Crippen MR) is 74.1 cm³/mol. The van der Waals surface area contributed by atoms with Gasteiger partial charge in [0, 0.05) is 12.2 Å². The number of hydrogen-bond acceptors (Lipinski definition) is 4. The van der Waals surface area contributed by atoms with Gasteiger partial charge in [-0.2, -0.15) is 4.72 Å². The van der Waals surface area contributed by atoms with Crippen LogP contribution in [0.2, 0.25) is 0 Å². The molecular formula is C12H19N3O3S. The Morgan fingerprint density at radius 3 is 2.53 bits per heavy atom. The lowest BCUT2D eigenvalue weighted by Gasteiger charge is -2.14. The normalized spacial score (nSPS) is 13.0. The quantitative estimate of drug-likeness (QED) is 0.681. The Labute approximate surface area is 113 Å². The van der Waals surface area contributed by atoms with Gasteiger partial charge >= 0.3 is 0 Å². The van der Waals surface area contributed by atoms with Gasteiger partial charge in [0.25, 0.3) is 0 Å². The molecule has 0 heterocycles. The summed E-state index contributed by atoms with van der Waals surface area (Å²) in [6, 6.07) is 3.70. The summed E-state index contributed by atoms with van der Waals surface area (Å²) in [5.41, 5.74) is 6.73. The van der Waals surface area contributed by atoms with Crippen LogP contribution in [0.4, 0.5) is 5.69 Å². The van der Waals surface area contributed by atoms with Gasteiger partial charge in [-0.1, -0.05) is 0 Å². The van der Waals surface area contributed by atoms with Crippen molar-refractivity contribution in [3.05, 3.63) is 23.8 Å². The number of benzene rings is 1. The number of rotatable bonds is 5. The second kappa shape index (κ2) is 6.03. The third-order valence-corrected chi connectivity index (χ3v) is 3.98. The molecule has 19 heavy (non-hydrogen) atoms. The number of carbonyl (C=O) groups excluding carboxylic acids is 1. The molecule has 4 N–H and O–H groups in total. The van der Waals surface area contributed by atoms with Gasteiger partial charge in [-0.15, -0.1) is 0 Å². The largest absolute Gasteiger partial charge is 0.399 e. The number of nitrogens with one attached hydrogen (secondary N) is 2. The van der Waals surface area contributed by atoms with E-state index in [0.29, 0.717) is 12.2 Å². The van der Waals surface area contributed by atoms with Gasteiger partial charge in [0.2, 0.25) is 15.9 Å². The number of sulfonamides is 1. The number of likely N-dealkylation sites (N-methyl/N-ethyl adjacent to an activating group) is 1. The highest BCUT2D eigenvalue weighted by Crippen LogP contribution is 2.16. The lowest BCUT2D eigenvalue weighted by atomic mass is 10.2. The number of anilines is 1. The van der Waals surface area contributed by atoms with Crippen molar-refractivity contribution in [3.63, 3.8) is 0 Å². The average Bonchev–Trinajstić information content (AvgIpc) is 2.27. The van der Waals surface area contributed by atoms with Gasteiger partial charge in [-0.05, 0) is 44.5 Å². The Kier molecular flexibility index (Phi) is 4.90. The van der Waals surface area contributed by atoms with Gasteiger partial charge in [-0.3, -0.25) is 4.79 Å². The van der Waals surface area contributed by atoms with Crippen LogP contribution in [-0.4, -0.2) is 26.9 Å². The molecule has 0 aliphatic heterocycles. The van der Waals surface area contributed by atoms with Crippen molar-refractivity contribution in [2.75, 3.05) is 12.3 Å². The molecule has 0 saturated carbocycles. The number of carbonyl (C=O) groups is 1. The van der Waals surface area contributed by atoms with E-state index in [1.807, 2.05) is 0 Å². The van der Waals surface area contributed by atoms with Crippen molar-refractivity contribution < 1.29 is 13.2 Å². The highest BCUT2D eigenvalue weighted by atomic mass is 32.2. The van der Waals surface area contributed by atoms with Crippen LogP contribution in [-0.2, 0) is 14.8 Å². The maximum absolute atomic E-state index is 12.1. The third kappa shape index (κ3) is 4.22. The van der Waals surface area contributed by atoms with E-state index < -0.39 is 16.1 Å². The molecule has 0 aliphatic carbocycles. The Morgan fingerprint density at radius 1 is 1.37 bits per heavy atom. The second-order valence-electron chi connectivity index (χ2n) is 4.32. The molecule has 0 spiro atoms. The first-order valence-electron chi connectivity index (χ1n) is 5.93. The molecule has 1 aromatic carbocycles. The molecule has 0 saturated heterocycles. The molecule has 1 aromatic rings. The van der Waals surface area contributed by atoms with Crippen molar-refractivity contribution >= 4 is 21.6 Å². The number of aryl methyl sites for hydroxylation is 1. The van der Waals surface area contributed by atoms with Gasteiger partial charge < -0.3 is 11.1 Å². The summed E-state index contributed by atoms with van der Waals surface area (Å²) in [6.45, 7) is 5.45. The maximum Gasteiger partial charge on any atom is 0.241 e. The molecule has 0 fully saturated rings. The number of hydrogen-bond donors (Lipinski definition) is 3. The summed E-state index contributed by atoms with van der Waals surface area (Å²) < 4.78 is 26.5. The molecule has 0 radical (unpaired) electrons. The SMILES string of the molecule is CCNC(=O)C(C)NS(=O)(=O)c1cc(C)cc(N)c1. The van der Waals surface area contributed by atoms with Crippen molar-refractivity contribution in [2.45, 2.75) is 31.7 Å². The smallest absolute Gasteiger partial charge is 0.241 e. The van der Waals surface area contributed by atoms with Crippen LogP contribution in [0.15, 0.2) is 23.1 Å². The molecule has 1 rings (SSSR count). The fourth-order valence-corrected chi connectivity index (χ4v) is 2.95. The third-order valence-electron chi connectivity index (χ3n) is 2.46. The lowest BCUT2D eigenvalue weighted by Crippen LogP contribution is -2.44. The number of amides is 1. The van der Waals surface area contributed by atoms with Crippen LogP contribution in [0.3, 0.4) is 0 Å². The van der Waals surface area contributed by atoms with Crippen molar-refractivity contribution in [1.29, 1.82) is 0 Å². The van der Waals surface area contributed by atoms with E-state index in [2.05, 4.69) is 10.0 Å². The van der Waals surface area contributed by atoms with Crippen LogP contribution in [0.1, 0.15) is 19.4 Å². The Morgan fingerprint density at radius 2 is 2.00 bits per heavy atom. The zero-order valence-corrected chi connectivity index (χ0v) is 12.0. The standard InChI is InChI=1S/C12H19N3O3S/c1-4-14-12(16)9(3)15-19(17,18)11-6-8(2)5-10(13)7-11/h5-7,9,15H,4,13H2,1-3H3,(H,14,16). The fraction of sp³-hybridized carbons (Fsp3) is 0.417. The fourth-order valence-electron chi connectivity index (χ4n) is 1.61.